The molecule has 1 amide bonds. The average molecular weight is 441 g/mol. The van der Waals surface area contributed by atoms with Gasteiger partial charge in [0.15, 0.2) is 9.84 Å². The minimum absolute atomic E-state index is 0.00160. The molecule has 0 spiro atoms. The van der Waals surface area contributed by atoms with E-state index in [-0.39, 0.29) is 40.5 Å². The Bertz CT molecular complexity index is 1020. The van der Waals surface area contributed by atoms with Crippen molar-refractivity contribution >= 4 is 15.7 Å². The third kappa shape index (κ3) is 5.33. The van der Waals surface area contributed by atoms with Gasteiger partial charge in [0.1, 0.15) is 11.5 Å². The summed E-state index contributed by atoms with van der Waals surface area (Å²) in [6.45, 7) is 2.31. The van der Waals surface area contributed by atoms with Crippen LogP contribution >= 0.6 is 0 Å². The molecule has 1 heterocycles. The summed E-state index contributed by atoms with van der Waals surface area (Å²) in [4.78, 5) is 14.6. The molecule has 1 aliphatic rings. The van der Waals surface area contributed by atoms with E-state index in [2.05, 4.69) is 0 Å². The number of hydrogen-bond donors (Lipinski definition) is 0. The van der Waals surface area contributed by atoms with Gasteiger partial charge >= 0.3 is 6.18 Å². The summed E-state index contributed by atoms with van der Waals surface area (Å²) in [6, 6.07) is 10.3. The monoisotopic (exact) mass is 441 g/mol. The van der Waals surface area contributed by atoms with Crippen molar-refractivity contribution in [1.82, 2.24) is 4.90 Å². The number of amides is 1. The van der Waals surface area contributed by atoms with Gasteiger partial charge in [0, 0.05) is 18.2 Å². The van der Waals surface area contributed by atoms with Crippen LogP contribution in [0, 0.1) is 0 Å². The lowest BCUT2D eigenvalue weighted by Gasteiger charge is -2.28. The van der Waals surface area contributed by atoms with Gasteiger partial charge in [-0.1, -0.05) is 19.1 Å². The molecule has 1 fully saturated rings. The van der Waals surface area contributed by atoms with Crippen LogP contribution in [0.5, 0.6) is 11.5 Å². The summed E-state index contributed by atoms with van der Waals surface area (Å²) in [6.07, 6.45) is -3.42. The lowest BCUT2D eigenvalue weighted by molar-refractivity contribution is -0.137. The Hall–Kier alpha value is -2.55. The molecule has 1 unspecified atom stereocenters. The van der Waals surface area contributed by atoms with Crippen LogP contribution in [0.4, 0.5) is 13.2 Å². The average Bonchev–Trinajstić information content (AvgIpc) is 3.05. The third-order valence-corrected chi connectivity index (χ3v) is 6.60. The zero-order chi connectivity index (χ0) is 21.9. The van der Waals surface area contributed by atoms with E-state index < -0.39 is 21.6 Å². The molecule has 0 saturated carbocycles. The molecule has 162 valence electrons. The second kappa shape index (κ2) is 8.67. The summed E-state index contributed by atoms with van der Waals surface area (Å²) in [7, 11) is -3.15. The van der Waals surface area contributed by atoms with Crippen molar-refractivity contribution < 1.29 is 31.1 Å². The standard InChI is InChI=1S/C21H22F3NO4S/c1-2-10-25(17-9-11-30(27,28)14-17)20(26)15-5-3-7-18(12-15)29-19-8-4-6-16(13-19)21(22,23)24/h3-8,12-13,17H,2,9-11,14H2,1H3. The Balaban J connectivity index is 1.81. The van der Waals surface area contributed by atoms with Gasteiger partial charge in [0.25, 0.3) is 5.91 Å². The molecule has 0 aliphatic carbocycles. The van der Waals surface area contributed by atoms with Crippen molar-refractivity contribution in [3.63, 3.8) is 0 Å². The second-order valence-corrected chi connectivity index (χ2v) is 9.44. The number of carbonyl (C=O) groups is 1. The third-order valence-electron chi connectivity index (χ3n) is 4.85. The Kier molecular flexibility index (Phi) is 6.40. The summed E-state index contributed by atoms with van der Waals surface area (Å²) in [5, 5.41) is 0. The highest BCUT2D eigenvalue weighted by molar-refractivity contribution is 7.91. The second-order valence-electron chi connectivity index (χ2n) is 7.21. The Morgan fingerprint density at radius 3 is 2.40 bits per heavy atom. The fourth-order valence-electron chi connectivity index (χ4n) is 3.44. The van der Waals surface area contributed by atoms with Crippen LogP contribution in [0.1, 0.15) is 35.7 Å². The number of hydrogen-bond acceptors (Lipinski definition) is 4. The van der Waals surface area contributed by atoms with Crippen LogP contribution in [0.2, 0.25) is 0 Å². The zero-order valence-corrected chi connectivity index (χ0v) is 17.2. The maximum absolute atomic E-state index is 13.0. The van der Waals surface area contributed by atoms with Gasteiger partial charge < -0.3 is 9.64 Å². The molecule has 0 aromatic heterocycles. The van der Waals surface area contributed by atoms with Gasteiger partial charge in [0.2, 0.25) is 0 Å². The van der Waals surface area contributed by atoms with E-state index >= 15 is 0 Å². The smallest absolute Gasteiger partial charge is 0.416 e. The predicted octanol–water partition coefficient (Wildman–Crippen LogP) is 4.54. The Labute approximate surface area is 173 Å². The van der Waals surface area contributed by atoms with Crippen molar-refractivity contribution in [2.45, 2.75) is 32.0 Å². The molecule has 2 aromatic carbocycles. The molecular formula is C21H22F3NO4S. The van der Waals surface area contributed by atoms with E-state index in [1.54, 1.807) is 23.1 Å². The number of halogens is 3. The highest BCUT2D eigenvalue weighted by Gasteiger charge is 2.34. The molecule has 9 heteroatoms. The van der Waals surface area contributed by atoms with Crippen LogP contribution in [0.3, 0.4) is 0 Å². The number of ether oxygens (including phenoxy) is 1. The van der Waals surface area contributed by atoms with Gasteiger partial charge in [-0.15, -0.1) is 0 Å². The van der Waals surface area contributed by atoms with E-state index in [1.807, 2.05) is 6.92 Å². The lowest BCUT2D eigenvalue weighted by atomic mass is 10.1. The fourth-order valence-corrected chi connectivity index (χ4v) is 5.17. The molecule has 3 rings (SSSR count). The lowest BCUT2D eigenvalue weighted by Crippen LogP contribution is -2.41. The molecule has 1 saturated heterocycles. The van der Waals surface area contributed by atoms with Crippen LogP contribution in [0.15, 0.2) is 48.5 Å². The number of nitrogens with zero attached hydrogens (tertiary/aromatic N) is 1. The number of alkyl halides is 3. The van der Waals surface area contributed by atoms with Crippen LogP contribution in [-0.4, -0.2) is 43.3 Å². The Morgan fingerprint density at radius 1 is 1.13 bits per heavy atom. The normalized spacial score (nSPS) is 18.2. The Morgan fingerprint density at radius 2 is 1.80 bits per heavy atom. The minimum atomic E-state index is -4.49. The van der Waals surface area contributed by atoms with Gasteiger partial charge in [-0.2, -0.15) is 13.2 Å². The first-order valence-electron chi connectivity index (χ1n) is 9.55. The summed E-state index contributed by atoms with van der Waals surface area (Å²) in [5.74, 6) is -0.103. The molecule has 0 radical (unpaired) electrons. The van der Waals surface area contributed by atoms with Crippen molar-refractivity contribution in [2.24, 2.45) is 0 Å². The summed E-state index contributed by atoms with van der Waals surface area (Å²) >= 11 is 0. The molecule has 30 heavy (non-hydrogen) atoms. The first kappa shape index (κ1) is 22.1. The van der Waals surface area contributed by atoms with Gasteiger partial charge in [-0.3, -0.25) is 4.79 Å². The van der Waals surface area contributed by atoms with Gasteiger partial charge in [-0.05, 0) is 49.2 Å². The number of rotatable bonds is 6. The van der Waals surface area contributed by atoms with E-state index in [0.717, 1.165) is 12.1 Å². The minimum Gasteiger partial charge on any atom is -0.457 e. The highest BCUT2D eigenvalue weighted by atomic mass is 32.2. The predicted molar refractivity (Wildman–Crippen MR) is 106 cm³/mol. The van der Waals surface area contributed by atoms with E-state index in [9.17, 15) is 26.4 Å². The molecule has 1 atom stereocenters. The van der Waals surface area contributed by atoms with Crippen LogP contribution in [-0.2, 0) is 16.0 Å². The van der Waals surface area contributed by atoms with Crippen molar-refractivity contribution in [1.29, 1.82) is 0 Å². The van der Waals surface area contributed by atoms with Crippen LogP contribution in [0.25, 0.3) is 0 Å². The topological polar surface area (TPSA) is 63.7 Å². The fraction of sp³-hybridized carbons (Fsp3) is 0.381. The first-order chi connectivity index (χ1) is 14.1. The number of sulfone groups is 1. The summed E-state index contributed by atoms with van der Waals surface area (Å²) in [5.41, 5.74) is -0.541. The number of benzene rings is 2. The summed E-state index contributed by atoms with van der Waals surface area (Å²) < 4.78 is 67.9. The maximum Gasteiger partial charge on any atom is 0.416 e. The van der Waals surface area contributed by atoms with Gasteiger partial charge in [0.05, 0.1) is 17.1 Å². The molecular weight excluding hydrogens is 419 g/mol. The highest BCUT2D eigenvalue weighted by Crippen LogP contribution is 2.33. The molecule has 0 N–H and O–H groups in total. The van der Waals surface area contributed by atoms with Crippen molar-refractivity contribution in [3.8, 4) is 11.5 Å². The SMILES string of the molecule is CCCN(C(=O)c1cccc(Oc2cccc(C(F)(F)F)c2)c1)C1CCS(=O)(=O)C1. The maximum atomic E-state index is 13.0. The molecule has 1 aliphatic heterocycles. The van der Waals surface area contributed by atoms with E-state index in [4.69, 9.17) is 4.74 Å². The van der Waals surface area contributed by atoms with E-state index in [1.165, 1.54) is 18.2 Å². The van der Waals surface area contributed by atoms with Gasteiger partial charge in [-0.25, -0.2) is 8.42 Å². The van der Waals surface area contributed by atoms with E-state index in [0.29, 0.717) is 19.4 Å². The quantitative estimate of drug-likeness (QED) is 0.661. The first-order valence-corrected chi connectivity index (χ1v) is 11.4. The zero-order valence-electron chi connectivity index (χ0n) is 16.4. The van der Waals surface area contributed by atoms with Crippen molar-refractivity contribution in [3.05, 3.63) is 59.7 Å². The molecule has 2 aromatic rings. The molecule has 5 nitrogen and oxygen atoms in total. The van der Waals surface area contributed by atoms with Crippen molar-refractivity contribution in [2.75, 3.05) is 18.1 Å². The largest absolute Gasteiger partial charge is 0.457 e. The number of carbonyl (C=O) groups excluding carboxylic acids is 1. The van der Waals surface area contributed by atoms with Crippen LogP contribution < -0.4 is 4.74 Å². The molecule has 0 bridgehead atoms.